The predicted molar refractivity (Wildman–Crippen MR) is 68.3 cm³/mol. The number of anilines is 1. The summed E-state index contributed by atoms with van der Waals surface area (Å²) in [5, 5.41) is -0.0567. The molecule has 2 nitrogen and oxygen atoms in total. The lowest BCUT2D eigenvalue weighted by molar-refractivity contribution is -0.116. The second-order valence-electron chi connectivity index (χ2n) is 3.54. The molecule has 2 rings (SSSR count). The molecule has 1 heterocycles. The maximum Gasteiger partial charge on any atom is 0.245 e. The normalized spacial score (nSPS) is 21.2. The van der Waals surface area contributed by atoms with E-state index in [0.717, 1.165) is 5.69 Å². The lowest BCUT2D eigenvalue weighted by atomic mass is 10.2. The maximum atomic E-state index is 11.8. The van der Waals surface area contributed by atoms with E-state index < -0.39 is 0 Å². The number of nitrogens with zero attached hydrogens (tertiary/aromatic N) is 1. The van der Waals surface area contributed by atoms with Crippen LogP contribution in [0.2, 0.25) is 0 Å². The Morgan fingerprint density at radius 3 is 2.40 bits per heavy atom. The molecule has 1 unspecified atom stereocenters. The van der Waals surface area contributed by atoms with Crippen molar-refractivity contribution < 1.29 is 4.79 Å². The lowest BCUT2D eigenvalue weighted by Gasteiger charge is -2.15. The van der Waals surface area contributed by atoms with Crippen LogP contribution < -0.4 is 4.90 Å². The number of hydrogen-bond donors (Lipinski definition) is 0. The smallest absolute Gasteiger partial charge is 0.245 e. The van der Waals surface area contributed by atoms with E-state index in [4.69, 9.17) is 12.2 Å². The molecule has 1 aliphatic rings. The van der Waals surface area contributed by atoms with Gasteiger partial charge >= 0.3 is 0 Å². The van der Waals surface area contributed by atoms with Crippen molar-refractivity contribution in [3.63, 3.8) is 0 Å². The van der Waals surface area contributed by atoms with Gasteiger partial charge in [-0.1, -0.05) is 41.7 Å². The Labute approximate surface area is 98.7 Å². The maximum absolute atomic E-state index is 11.8. The van der Waals surface area contributed by atoms with Crippen LogP contribution in [0, 0.1) is 6.92 Å². The summed E-state index contributed by atoms with van der Waals surface area (Å²) in [5.74, 6) is 0.0776. The molecule has 1 atom stereocenters. The Morgan fingerprint density at radius 1 is 1.33 bits per heavy atom. The van der Waals surface area contributed by atoms with E-state index >= 15 is 0 Å². The quantitative estimate of drug-likeness (QED) is 0.700. The van der Waals surface area contributed by atoms with Gasteiger partial charge in [0, 0.05) is 0 Å². The Hall–Kier alpha value is -0.870. The van der Waals surface area contributed by atoms with Gasteiger partial charge in [0.05, 0.1) is 10.9 Å². The highest BCUT2D eigenvalue weighted by Crippen LogP contribution is 2.31. The van der Waals surface area contributed by atoms with Gasteiger partial charge in [-0.3, -0.25) is 9.69 Å². The molecule has 0 radical (unpaired) electrons. The van der Waals surface area contributed by atoms with Crippen LogP contribution >= 0.6 is 24.0 Å². The van der Waals surface area contributed by atoms with Crippen LogP contribution in [-0.4, -0.2) is 15.5 Å². The Morgan fingerprint density at radius 2 is 1.93 bits per heavy atom. The highest BCUT2D eigenvalue weighted by molar-refractivity contribution is 8.25. The molecule has 0 bridgehead atoms. The second-order valence-corrected chi connectivity index (χ2v) is 5.51. The fourth-order valence-corrected chi connectivity index (χ4v) is 2.89. The SMILES string of the molecule is Cc1ccc(N2C(=O)C(C)SC2=S)cc1. The van der Waals surface area contributed by atoms with E-state index in [1.807, 2.05) is 38.1 Å². The first kappa shape index (κ1) is 10.6. The van der Waals surface area contributed by atoms with Crippen LogP contribution in [-0.2, 0) is 4.79 Å². The molecule has 0 aliphatic carbocycles. The highest BCUT2D eigenvalue weighted by atomic mass is 32.2. The standard InChI is InChI=1S/C11H11NOS2/c1-7-3-5-9(6-4-7)12-10(13)8(2)15-11(12)14/h3-6,8H,1-2H3. The number of aryl methyl sites for hydroxylation is 1. The van der Waals surface area contributed by atoms with Crippen molar-refractivity contribution in [2.75, 3.05) is 4.90 Å². The van der Waals surface area contributed by atoms with Gasteiger partial charge < -0.3 is 0 Å². The molecule has 78 valence electrons. The number of thioether (sulfide) groups is 1. The minimum Gasteiger partial charge on any atom is -0.273 e. The molecule has 0 aromatic heterocycles. The van der Waals surface area contributed by atoms with Crippen molar-refractivity contribution in [3.8, 4) is 0 Å². The first-order chi connectivity index (χ1) is 7.09. The Bertz CT molecular complexity index is 413. The second kappa shape index (κ2) is 3.94. The van der Waals surface area contributed by atoms with E-state index in [1.54, 1.807) is 4.90 Å². The molecule has 1 aromatic rings. The van der Waals surface area contributed by atoms with Gasteiger partial charge in [-0.25, -0.2) is 0 Å². The van der Waals surface area contributed by atoms with Gasteiger partial charge in [-0.2, -0.15) is 0 Å². The topological polar surface area (TPSA) is 20.3 Å². The van der Waals surface area contributed by atoms with Crippen molar-refractivity contribution in [1.29, 1.82) is 0 Å². The Balaban J connectivity index is 2.35. The van der Waals surface area contributed by atoms with Crippen molar-refractivity contribution in [1.82, 2.24) is 0 Å². The van der Waals surface area contributed by atoms with Crippen molar-refractivity contribution in [2.24, 2.45) is 0 Å². The fourth-order valence-electron chi connectivity index (χ4n) is 1.45. The van der Waals surface area contributed by atoms with Gasteiger partial charge in [-0.15, -0.1) is 0 Å². The summed E-state index contributed by atoms with van der Waals surface area (Å²) in [4.78, 5) is 13.4. The van der Waals surface area contributed by atoms with Crippen molar-refractivity contribution in [2.45, 2.75) is 19.1 Å². The van der Waals surface area contributed by atoms with Crippen molar-refractivity contribution in [3.05, 3.63) is 29.8 Å². The van der Waals surface area contributed by atoms with Crippen LogP contribution in [0.1, 0.15) is 12.5 Å². The zero-order chi connectivity index (χ0) is 11.0. The lowest BCUT2D eigenvalue weighted by Crippen LogP contribution is -2.30. The Kier molecular flexibility index (Phi) is 2.80. The summed E-state index contributed by atoms with van der Waals surface area (Å²) in [6, 6.07) is 7.83. The summed E-state index contributed by atoms with van der Waals surface area (Å²) in [5.41, 5.74) is 2.05. The molecule has 1 saturated heterocycles. The van der Waals surface area contributed by atoms with Gasteiger partial charge in [0.2, 0.25) is 5.91 Å². The van der Waals surface area contributed by atoms with Crippen LogP contribution in [0.4, 0.5) is 5.69 Å². The highest BCUT2D eigenvalue weighted by Gasteiger charge is 2.34. The van der Waals surface area contributed by atoms with E-state index in [9.17, 15) is 4.79 Å². The van der Waals surface area contributed by atoms with E-state index in [-0.39, 0.29) is 11.2 Å². The molecule has 1 fully saturated rings. The molecule has 1 amide bonds. The molecule has 15 heavy (non-hydrogen) atoms. The number of thiocarbonyl (C=S) groups is 1. The number of rotatable bonds is 1. The first-order valence-electron chi connectivity index (χ1n) is 4.71. The van der Waals surface area contributed by atoms with E-state index in [2.05, 4.69) is 0 Å². The summed E-state index contributed by atoms with van der Waals surface area (Å²) in [6.45, 7) is 3.90. The average molecular weight is 237 g/mol. The number of benzene rings is 1. The van der Waals surface area contributed by atoms with Crippen LogP contribution in [0.15, 0.2) is 24.3 Å². The summed E-state index contributed by atoms with van der Waals surface area (Å²) in [7, 11) is 0. The van der Waals surface area contributed by atoms with E-state index in [0.29, 0.717) is 4.32 Å². The third-order valence-corrected chi connectivity index (χ3v) is 3.73. The molecular formula is C11H11NOS2. The fraction of sp³-hybridized carbons (Fsp3) is 0.273. The average Bonchev–Trinajstić information content (AvgIpc) is 2.44. The summed E-state index contributed by atoms with van der Waals surface area (Å²) < 4.78 is 0.649. The third-order valence-electron chi connectivity index (χ3n) is 2.32. The third kappa shape index (κ3) is 1.92. The zero-order valence-electron chi connectivity index (χ0n) is 8.56. The van der Waals surface area contributed by atoms with E-state index in [1.165, 1.54) is 17.3 Å². The van der Waals surface area contributed by atoms with Gasteiger partial charge in [0.15, 0.2) is 0 Å². The molecule has 0 spiro atoms. The number of amides is 1. The first-order valence-corrected chi connectivity index (χ1v) is 5.99. The molecule has 0 saturated carbocycles. The molecule has 0 N–H and O–H groups in total. The number of carbonyl (C=O) groups excluding carboxylic acids is 1. The van der Waals surface area contributed by atoms with Crippen LogP contribution in [0.5, 0.6) is 0 Å². The van der Waals surface area contributed by atoms with Crippen LogP contribution in [0.25, 0.3) is 0 Å². The molecule has 1 aromatic carbocycles. The van der Waals surface area contributed by atoms with Gasteiger partial charge in [-0.05, 0) is 26.0 Å². The molecule has 4 heteroatoms. The molecular weight excluding hydrogens is 226 g/mol. The van der Waals surface area contributed by atoms with Crippen LogP contribution in [0.3, 0.4) is 0 Å². The number of hydrogen-bond acceptors (Lipinski definition) is 3. The summed E-state index contributed by atoms with van der Waals surface area (Å²) >= 11 is 6.62. The zero-order valence-corrected chi connectivity index (χ0v) is 10.2. The molecule has 1 aliphatic heterocycles. The van der Waals surface area contributed by atoms with Gasteiger partial charge in [0.1, 0.15) is 4.32 Å². The minimum absolute atomic E-state index is 0.0567. The number of carbonyl (C=O) groups is 1. The monoisotopic (exact) mass is 237 g/mol. The predicted octanol–water partition coefficient (Wildman–Crippen LogP) is 2.75. The van der Waals surface area contributed by atoms with Gasteiger partial charge in [0.25, 0.3) is 0 Å². The largest absolute Gasteiger partial charge is 0.273 e. The van der Waals surface area contributed by atoms with Crippen molar-refractivity contribution >= 4 is 39.9 Å². The minimum atomic E-state index is -0.0567. The summed E-state index contributed by atoms with van der Waals surface area (Å²) in [6.07, 6.45) is 0.